The molecule has 28 heavy (non-hydrogen) atoms. The van der Waals surface area contributed by atoms with Crippen molar-refractivity contribution < 1.29 is 14.6 Å². The van der Waals surface area contributed by atoms with E-state index in [0.29, 0.717) is 0 Å². The van der Waals surface area contributed by atoms with Gasteiger partial charge in [0, 0.05) is 17.0 Å². The SMILES string of the molecule is C[C@]1(Cc2cccc(Cl)c2)CCc2cccc(-c3ccc(C(=O)O)cc3)c2O1. The molecule has 0 aliphatic carbocycles. The molecule has 0 amide bonds. The molecule has 0 aromatic heterocycles. The fourth-order valence-corrected chi connectivity index (χ4v) is 4.03. The number of hydrogen-bond donors (Lipinski definition) is 1. The first kappa shape index (κ1) is 18.6. The van der Waals surface area contributed by atoms with Crippen molar-refractivity contribution >= 4 is 17.6 Å². The number of benzene rings is 3. The highest BCUT2D eigenvalue weighted by molar-refractivity contribution is 6.30. The number of aromatic carboxylic acids is 1. The average molecular weight is 393 g/mol. The van der Waals surface area contributed by atoms with E-state index in [4.69, 9.17) is 21.4 Å². The normalized spacial score (nSPS) is 18.2. The molecule has 4 rings (SSSR count). The fraction of sp³-hybridized carbons (Fsp3) is 0.208. The number of para-hydroxylation sites is 1. The second kappa shape index (κ2) is 7.33. The average Bonchev–Trinajstić information content (AvgIpc) is 2.67. The zero-order valence-corrected chi connectivity index (χ0v) is 16.4. The number of carboxylic acids is 1. The summed E-state index contributed by atoms with van der Waals surface area (Å²) in [5.41, 5.74) is 4.24. The van der Waals surface area contributed by atoms with E-state index < -0.39 is 5.97 Å². The number of hydrogen-bond acceptors (Lipinski definition) is 2. The predicted octanol–water partition coefficient (Wildman–Crippen LogP) is 6.03. The molecule has 4 heteroatoms. The quantitative estimate of drug-likeness (QED) is 0.589. The Hall–Kier alpha value is -2.78. The number of halogens is 1. The summed E-state index contributed by atoms with van der Waals surface area (Å²) in [7, 11) is 0. The highest BCUT2D eigenvalue weighted by Crippen LogP contribution is 2.42. The summed E-state index contributed by atoms with van der Waals surface area (Å²) in [6.45, 7) is 2.14. The zero-order valence-electron chi connectivity index (χ0n) is 15.6. The molecular formula is C24H21ClO3. The Morgan fingerprint density at radius 1 is 1.11 bits per heavy atom. The molecule has 0 unspecified atom stereocenters. The van der Waals surface area contributed by atoms with E-state index in [1.54, 1.807) is 12.1 Å². The minimum Gasteiger partial charge on any atom is -0.486 e. The van der Waals surface area contributed by atoms with E-state index in [0.717, 1.165) is 46.7 Å². The van der Waals surface area contributed by atoms with E-state index >= 15 is 0 Å². The van der Waals surface area contributed by atoms with Crippen molar-refractivity contribution in [2.45, 2.75) is 31.8 Å². The summed E-state index contributed by atoms with van der Waals surface area (Å²) in [6, 6.07) is 21.0. The maximum absolute atomic E-state index is 11.1. The van der Waals surface area contributed by atoms with Gasteiger partial charge >= 0.3 is 5.97 Å². The molecule has 1 aliphatic rings. The Balaban J connectivity index is 1.66. The van der Waals surface area contributed by atoms with Crippen LogP contribution in [-0.4, -0.2) is 16.7 Å². The Kier molecular flexibility index (Phi) is 4.86. The minimum absolute atomic E-state index is 0.278. The van der Waals surface area contributed by atoms with Gasteiger partial charge in [-0.1, -0.05) is 54.1 Å². The molecule has 3 nitrogen and oxygen atoms in total. The van der Waals surface area contributed by atoms with Crippen molar-refractivity contribution in [1.29, 1.82) is 0 Å². The van der Waals surface area contributed by atoms with Crippen LogP contribution in [0.15, 0.2) is 66.7 Å². The van der Waals surface area contributed by atoms with Gasteiger partial charge in [-0.2, -0.15) is 0 Å². The van der Waals surface area contributed by atoms with Gasteiger partial charge < -0.3 is 9.84 Å². The van der Waals surface area contributed by atoms with Crippen LogP contribution in [0.1, 0.15) is 34.8 Å². The summed E-state index contributed by atoms with van der Waals surface area (Å²) < 4.78 is 6.57. The Labute approximate surface area is 169 Å². The van der Waals surface area contributed by atoms with Gasteiger partial charge in [0.25, 0.3) is 0 Å². The molecule has 1 heterocycles. The standard InChI is InChI=1S/C24H21ClO3/c1-24(15-16-4-2-6-20(25)14-16)13-12-18-5-3-7-21(22(18)28-24)17-8-10-19(11-9-17)23(26)27/h2-11,14H,12-13,15H2,1H3,(H,26,27)/t24-/m1/s1. The van der Waals surface area contributed by atoms with Gasteiger partial charge in [-0.25, -0.2) is 4.79 Å². The fourth-order valence-electron chi connectivity index (χ4n) is 3.82. The van der Waals surface area contributed by atoms with E-state index in [1.165, 1.54) is 5.56 Å². The molecule has 1 N–H and O–H groups in total. The molecule has 0 radical (unpaired) electrons. The van der Waals surface area contributed by atoms with E-state index in [-0.39, 0.29) is 11.2 Å². The lowest BCUT2D eigenvalue weighted by molar-refractivity contribution is 0.0661. The van der Waals surface area contributed by atoms with Gasteiger partial charge in [-0.3, -0.25) is 0 Å². The third-order valence-corrected chi connectivity index (χ3v) is 5.51. The van der Waals surface area contributed by atoms with Crippen LogP contribution in [0.2, 0.25) is 5.02 Å². The number of aryl methyl sites for hydroxylation is 1. The van der Waals surface area contributed by atoms with E-state index in [1.807, 2.05) is 42.5 Å². The second-order valence-electron chi connectivity index (χ2n) is 7.53. The van der Waals surface area contributed by atoms with E-state index in [2.05, 4.69) is 19.1 Å². The number of carbonyl (C=O) groups is 1. The first-order chi connectivity index (χ1) is 13.4. The maximum atomic E-state index is 11.1. The molecule has 1 atom stereocenters. The van der Waals surface area contributed by atoms with Crippen LogP contribution in [0.25, 0.3) is 11.1 Å². The number of carboxylic acid groups (broad SMARTS) is 1. The molecule has 3 aromatic carbocycles. The summed E-state index contributed by atoms with van der Waals surface area (Å²) in [5.74, 6) is -0.0339. The molecule has 0 bridgehead atoms. The Morgan fingerprint density at radius 3 is 2.57 bits per heavy atom. The van der Waals surface area contributed by atoms with Crippen LogP contribution in [0.4, 0.5) is 0 Å². The topological polar surface area (TPSA) is 46.5 Å². The van der Waals surface area contributed by atoms with Crippen LogP contribution in [-0.2, 0) is 12.8 Å². The van der Waals surface area contributed by atoms with Crippen molar-refractivity contribution in [2.75, 3.05) is 0 Å². The van der Waals surface area contributed by atoms with Crippen molar-refractivity contribution in [2.24, 2.45) is 0 Å². The van der Waals surface area contributed by atoms with Crippen molar-refractivity contribution in [1.82, 2.24) is 0 Å². The Bertz CT molecular complexity index is 1030. The van der Waals surface area contributed by atoms with Crippen LogP contribution in [0, 0.1) is 0 Å². The van der Waals surface area contributed by atoms with Crippen LogP contribution < -0.4 is 4.74 Å². The van der Waals surface area contributed by atoms with Crippen molar-refractivity contribution in [3.05, 3.63) is 88.4 Å². The summed E-state index contributed by atoms with van der Waals surface area (Å²) in [6.07, 6.45) is 2.64. The molecule has 0 fully saturated rings. The molecule has 142 valence electrons. The first-order valence-corrected chi connectivity index (χ1v) is 9.70. The highest BCUT2D eigenvalue weighted by atomic mass is 35.5. The van der Waals surface area contributed by atoms with Gasteiger partial charge in [0.2, 0.25) is 0 Å². The van der Waals surface area contributed by atoms with Crippen LogP contribution >= 0.6 is 11.6 Å². The van der Waals surface area contributed by atoms with Gasteiger partial charge in [-0.15, -0.1) is 0 Å². The largest absolute Gasteiger partial charge is 0.486 e. The molecule has 0 saturated heterocycles. The van der Waals surface area contributed by atoms with Crippen LogP contribution in [0.3, 0.4) is 0 Å². The lowest BCUT2D eigenvalue weighted by Gasteiger charge is -2.37. The molecular weight excluding hydrogens is 372 g/mol. The summed E-state index contributed by atoms with van der Waals surface area (Å²) >= 11 is 6.15. The lowest BCUT2D eigenvalue weighted by atomic mass is 9.86. The van der Waals surface area contributed by atoms with Crippen molar-refractivity contribution in [3.8, 4) is 16.9 Å². The molecule has 0 spiro atoms. The monoisotopic (exact) mass is 392 g/mol. The van der Waals surface area contributed by atoms with Crippen LogP contribution in [0.5, 0.6) is 5.75 Å². The number of rotatable bonds is 4. The third-order valence-electron chi connectivity index (χ3n) is 5.28. The Morgan fingerprint density at radius 2 is 1.86 bits per heavy atom. The third kappa shape index (κ3) is 3.76. The predicted molar refractivity (Wildman–Crippen MR) is 111 cm³/mol. The van der Waals surface area contributed by atoms with E-state index in [9.17, 15) is 4.79 Å². The van der Waals surface area contributed by atoms with Gasteiger partial charge in [0.1, 0.15) is 11.4 Å². The smallest absolute Gasteiger partial charge is 0.335 e. The minimum atomic E-state index is -0.924. The lowest BCUT2D eigenvalue weighted by Crippen LogP contribution is -2.38. The van der Waals surface area contributed by atoms with Gasteiger partial charge in [0.05, 0.1) is 5.56 Å². The molecule has 0 saturated carbocycles. The zero-order chi connectivity index (χ0) is 19.7. The second-order valence-corrected chi connectivity index (χ2v) is 7.97. The van der Waals surface area contributed by atoms with Crippen molar-refractivity contribution in [3.63, 3.8) is 0 Å². The summed E-state index contributed by atoms with van der Waals surface area (Å²) in [5, 5.41) is 9.87. The summed E-state index contributed by atoms with van der Waals surface area (Å²) in [4.78, 5) is 11.1. The number of fused-ring (bicyclic) bond motifs is 1. The number of ether oxygens (including phenoxy) is 1. The van der Waals surface area contributed by atoms with Gasteiger partial charge in [-0.05, 0) is 60.7 Å². The first-order valence-electron chi connectivity index (χ1n) is 9.33. The molecule has 1 aliphatic heterocycles. The van der Waals surface area contributed by atoms with Gasteiger partial charge in [0.15, 0.2) is 0 Å². The maximum Gasteiger partial charge on any atom is 0.335 e. The molecule has 3 aromatic rings. The highest BCUT2D eigenvalue weighted by Gasteiger charge is 2.33.